The highest BCUT2D eigenvalue weighted by Gasteiger charge is 2.32. The van der Waals surface area contributed by atoms with Gasteiger partial charge in [-0.1, -0.05) is 18.1 Å². The third kappa shape index (κ3) is 4.11. The van der Waals surface area contributed by atoms with E-state index in [1.54, 1.807) is 6.20 Å². The van der Waals surface area contributed by atoms with E-state index in [0.29, 0.717) is 12.5 Å². The van der Waals surface area contributed by atoms with Crippen molar-refractivity contribution >= 4 is 0 Å². The van der Waals surface area contributed by atoms with Crippen LogP contribution < -0.4 is 5.32 Å². The topological polar surface area (TPSA) is 63.8 Å². The van der Waals surface area contributed by atoms with Crippen LogP contribution in [0.25, 0.3) is 0 Å². The Morgan fingerprint density at radius 3 is 3.05 bits per heavy atom. The first-order valence-corrected chi connectivity index (χ1v) is 7.79. The second-order valence-electron chi connectivity index (χ2n) is 5.74. The number of nitrogens with one attached hydrogen (secondary N) is 1. The van der Waals surface area contributed by atoms with Gasteiger partial charge in [-0.05, 0) is 43.4 Å². The Bertz CT molecular complexity index is 550. The van der Waals surface area contributed by atoms with Crippen LogP contribution in [0.5, 0.6) is 0 Å². The number of aromatic nitrogens is 3. The lowest BCUT2D eigenvalue weighted by Crippen LogP contribution is -2.33. The smallest absolute Gasteiger partial charge is 0.228 e. The summed E-state index contributed by atoms with van der Waals surface area (Å²) in [6, 6.07) is 4.43. The van der Waals surface area contributed by atoms with Gasteiger partial charge in [0.1, 0.15) is 0 Å². The summed E-state index contributed by atoms with van der Waals surface area (Å²) in [6.07, 6.45) is 8.91. The van der Waals surface area contributed by atoms with E-state index in [1.807, 2.05) is 18.3 Å². The molecule has 2 aromatic heterocycles. The van der Waals surface area contributed by atoms with Gasteiger partial charge in [-0.25, -0.2) is 0 Å². The molecule has 1 aliphatic rings. The second-order valence-corrected chi connectivity index (χ2v) is 5.74. The van der Waals surface area contributed by atoms with E-state index in [9.17, 15) is 0 Å². The fourth-order valence-corrected chi connectivity index (χ4v) is 2.55. The fourth-order valence-electron chi connectivity index (χ4n) is 2.55. The minimum Gasteiger partial charge on any atom is -0.339 e. The van der Waals surface area contributed by atoms with E-state index >= 15 is 0 Å². The van der Waals surface area contributed by atoms with Crippen molar-refractivity contribution in [3.05, 3.63) is 41.8 Å². The van der Waals surface area contributed by atoms with Crippen LogP contribution in [0.15, 0.2) is 29.0 Å². The highest BCUT2D eigenvalue weighted by molar-refractivity contribution is 5.13. The van der Waals surface area contributed by atoms with Crippen LogP contribution in [0, 0.1) is 5.92 Å². The average Bonchev–Trinajstić information content (AvgIpc) is 3.26. The van der Waals surface area contributed by atoms with E-state index in [0.717, 1.165) is 42.6 Å². The van der Waals surface area contributed by atoms with Crippen molar-refractivity contribution in [3.63, 3.8) is 0 Å². The third-order valence-corrected chi connectivity index (χ3v) is 3.84. The minimum absolute atomic E-state index is 0.483. The second kappa shape index (κ2) is 6.80. The van der Waals surface area contributed by atoms with Crippen molar-refractivity contribution < 1.29 is 4.52 Å². The normalized spacial score (nSPS) is 16.0. The molecule has 0 spiro atoms. The Labute approximate surface area is 125 Å². The molecule has 2 aromatic rings. The van der Waals surface area contributed by atoms with Gasteiger partial charge in [-0.2, -0.15) is 4.98 Å². The molecule has 0 aromatic carbocycles. The maximum absolute atomic E-state index is 5.40. The summed E-state index contributed by atoms with van der Waals surface area (Å²) >= 11 is 0. The monoisotopic (exact) mass is 286 g/mol. The Kier molecular flexibility index (Phi) is 4.60. The molecule has 2 heterocycles. The van der Waals surface area contributed by atoms with Gasteiger partial charge in [0.25, 0.3) is 0 Å². The predicted octanol–water partition coefficient (Wildman–Crippen LogP) is 2.38. The lowest BCUT2D eigenvalue weighted by molar-refractivity contribution is 0.343. The third-order valence-electron chi connectivity index (χ3n) is 3.84. The molecule has 0 saturated heterocycles. The van der Waals surface area contributed by atoms with Crippen molar-refractivity contribution in [2.24, 2.45) is 5.92 Å². The maximum atomic E-state index is 5.40. The molecule has 1 saturated carbocycles. The van der Waals surface area contributed by atoms with Crippen molar-refractivity contribution in [1.29, 1.82) is 0 Å². The minimum atomic E-state index is 0.483. The number of hydrogen-bond acceptors (Lipinski definition) is 5. The quantitative estimate of drug-likeness (QED) is 0.807. The number of hydrogen-bond donors (Lipinski definition) is 1. The molecule has 1 N–H and O–H groups in total. The van der Waals surface area contributed by atoms with Crippen LogP contribution in [0.3, 0.4) is 0 Å². The molecule has 0 bridgehead atoms. The van der Waals surface area contributed by atoms with Gasteiger partial charge >= 0.3 is 0 Å². The fraction of sp³-hybridized carbons (Fsp3) is 0.562. The number of rotatable bonds is 8. The Morgan fingerprint density at radius 1 is 1.43 bits per heavy atom. The molecule has 112 valence electrons. The Morgan fingerprint density at radius 2 is 2.33 bits per heavy atom. The molecule has 0 aliphatic heterocycles. The first-order valence-electron chi connectivity index (χ1n) is 7.79. The highest BCUT2D eigenvalue weighted by Crippen LogP contribution is 2.33. The van der Waals surface area contributed by atoms with Crippen molar-refractivity contribution in [2.75, 3.05) is 6.54 Å². The van der Waals surface area contributed by atoms with Crippen LogP contribution in [-0.2, 0) is 12.8 Å². The van der Waals surface area contributed by atoms with Gasteiger partial charge < -0.3 is 9.84 Å². The summed E-state index contributed by atoms with van der Waals surface area (Å²) in [5, 5.41) is 7.68. The molecule has 1 aliphatic carbocycles. The first-order chi connectivity index (χ1) is 10.3. The number of pyridine rings is 1. The molecule has 1 unspecified atom stereocenters. The Hall–Kier alpha value is -1.75. The largest absolute Gasteiger partial charge is 0.339 e. The van der Waals surface area contributed by atoms with Crippen LogP contribution in [0.2, 0.25) is 0 Å². The first kappa shape index (κ1) is 14.2. The van der Waals surface area contributed by atoms with Gasteiger partial charge in [0.15, 0.2) is 5.82 Å². The van der Waals surface area contributed by atoms with Crippen molar-refractivity contribution in [2.45, 2.75) is 45.1 Å². The van der Waals surface area contributed by atoms with Crippen molar-refractivity contribution in [3.8, 4) is 0 Å². The standard InChI is InChI=1S/C16H22N4O/c1-2-7-18-14(13-5-6-13)10-16-19-15(20-21-16)9-12-4-3-8-17-11-12/h3-4,8,11,13-14,18H,2,5-7,9-10H2,1H3. The van der Waals surface area contributed by atoms with Gasteiger partial charge in [-0.3, -0.25) is 4.98 Å². The van der Waals surface area contributed by atoms with Crippen molar-refractivity contribution in [1.82, 2.24) is 20.4 Å². The predicted molar refractivity (Wildman–Crippen MR) is 79.9 cm³/mol. The molecule has 3 rings (SSSR count). The molecule has 5 nitrogen and oxygen atoms in total. The Balaban J connectivity index is 1.59. The summed E-state index contributed by atoms with van der Waals surface area (Å²) in [6.45, 7) is 3.24. The summed E-state index contributed by atoms with van der Waals surface area (Å²) in [4.78, 5) is 8.62. The van der Waals surface area contributed by atoms with E-state index in [1.165, 1.54) is 12.8 Å². The molecule has 1 fully saturated rings. The van der Waals surface area contributed by atoms with E-state index < -0.39 is 0 Å². The van der Waals surface area contributed by atoms with Crippen LogP contribution in [0.4, 0.5) is 0 Å². The van der Waals surface area contributed by atoms with E-state index in [4.69, 9.17) is 4.52 Å². The molecule has 1 atom stereocenters. The van der Waals surface area contributed by atoms with E-state index in [-0.39, 0.29) is 0 Å². The zero-order valence-corrected chi connectivity index (χ0v) is 12.5. The lowest BCUT2D eigenvalue weighted by Gasteiger charge is -2.15. The van der Waals surface area contributed by atoms with Crippen LogP contribution in [-0.4, -0.2) is 27.7 Å². The SMILES string of the molecule is CCCNC(Cc1nc(Cc2cccnc2)no1)C1CC1. The van der Waals surface area contributed by atoms with Gasteiger partial charge in [0, 0.05) is 31.3 Å². The van der Waals surface area contributed by atoms with Gasteiger partial charge in [0.05, 0.1) is 0 Å². The molecule has 21 heavy (non-hydrogen) atoms. The van der Waals surface area contributed by atoms with Crippen LogP contribution >= 0.6 is 0 Å². The number of nitrogens with zero attached hydrogens (tertiary/aromatic N) is 3. The molecule has 0 amide bonds. The highest BCUT2D eigenvalue weighted by atomic mass is 16.5. The summed E-state index contributed by atoms with van der Waals surface area (Å²) in [5.74, 6) is 2.27. The summed E-state index contributed by atoms with van der Waals surface area (Å²) < 4.78 is 5.40. The zero-order valence-electron chi connectivity index (χ0n) is 12.5. The summed E-state index contributed by atoms with van der Waals surface area (Å²) in [7, 11) is 0. The lowest BCUT2D eigenvalue weighted by atomic mass is 10.1. The molecular weight excluding hydrogens is 264 g/mol. The average molecular weight is 286 g/mol. The zero-order chi connectivity index (χ0) is 14.5. The van der Waals surface area contributed by atoms with E-state index in [2.05, 4.69) is 27.4 Å². The van der Waals surface area contributed by atoms with Crippen LogP contribution in [0.1, 0.15) is 43.5 Å². The summed E-state index contributed by atoms with van der Waals surface area (Å²) in [5.41, 5.74) is 1.10. The molecular formula is C16H22N4O. The van der Waals surface area contributed by atoms with Gasteiger partial charge in [-0.15, -0.1) is 0 Å². The molecule has 5 heteroatoms. The molecule has 0 radical (unpaired) electrons. The van der Waals surface area contributed by atoms with Gasteiger partial charge in [0.2, 0.25) is 5.89 Å². The maximum Gasteiger partial charge on any atom is 0.228 e.